The van der Waals surface area contributed by atoms with Crippen LogP contribution in [0.2, 0.25) is 0 Å². The second-order valence-electron chi connectivity index (χ2n) is 9.43. The fourth-order valence-corrected chi connectivity index (χ4v) is 4.64. The van der Waals surface area contributed by atoms with E-state index in [1.54, 1.807) is 18.2 Å². The molecule has 0 saturated heterocycles. The van der Waals surface area contributed by atoms with Crippen LogP contribution in [0, 0.1) is 0 Å². The Morgan fingerprint density at radius 3 is 2.36 bits per heavy atom. The van der Waals surface area contributed by atoms with Crippen LogP contribution in [-0.2, 0) is 0 Å². The van der Waals surface area contributed by atoms with Gasteiger partial charge in [0.05, 0.1) is 34.0 Å². The van der Waals surface area contributed by atoms with E-state index in [1.165, 1.54) is 18.2 Å². The van der Waals surface area contributed by atoms with E-state index >= 15 is 0 Å². The Hall–Kier alpha value is -5.24. The topological polar surface area (TPSA) is 110 Å². The van der Waals surface area contributed by atoms with Crippen LogP contribution in [0.15, 0.2) is 89.3 Å². The van der Waals surface area contributed by atoms with Gasteiger partial charge in [0.1, 0.15) is 11.3 Å². The van der Waals surface area contributed by atoms with Gasteiger partial charge in [0.25, 0.3) is 11.8 Å². The predicted octanol–water partition coefficient (Wildman–Crippen LogP) is 6.45. The molecular weight excluding hydrogens is 496 g/mol. The van der Waals surface area contributed by atoms with Crippen LogP contribution in [0.5, 0.6) is 5.75 Å². The number of benzene rings is 4. The van der Waals surface area contributed by atoms with Crippen LogP contribution in [0.3, 0.4) is 0 Å². The van der Waals surface area contributed by atoms with Gasteiger partial charge < -0.3 is 14.3 Å². The zero-order valence-corrected chi connectivity index (χ0v) is 21.0. The van der Waals surface area contributed by atoms with Gasteiger partial charge in [-0.15, -0.1) is 0 Å². The fraction of sp³-hybridized carbons (Fsp3) is 0.0968. The number of fused-ring (bicyclic) bond motifs is 2. The summed E-state index contributed by atoms with van der Waals surface area (Å²) in [4.78, 5) is 43.6. The quantitative estimate of drug-likeness (QED) is 0.257. The molecule has 0 spiro atoms. The summed E-state index contributed by atoms with van der Waals surface area (Å²) in [6.45, 7) is 3.78. The minimum absolute atomic E-state index is 0.0410. The second kappa shape index (κ2) is 9.25. The number of carboxylic acids is 1. The molecule has 2 amide bonds. The first kappa shape index (κ1) is 24.1. The molecule has 0 atom stereocenters. The van der Waals surface area contributed by atoms with E-state index in [0.29, 0.717) is 22.4 Å². The van der Waals surface area contributed by atoms with Crippen LogP contribution in [0.1, 0.15) is 44.9 Å². The number of oxazole rings is 1. The molecule has 5 aromatic rings. The Balaban J connectivity index is 1.43. The molecule has 0 radical (unpaired) electrons. The number of hydrogen-bond donors (Lipinski definition) is 1. The number of ether oxygens (including phenoxy) is 1. The number of nitrogens with zero attached hydrogens (tertiary/aromatic N) is 2. The van der Waals surface area contributed by atoms with Gasteiger partial charge in [-0.25, -0.2) is 14.7 Å². The van der Waals surface area contributed by atoms with Crippen LogP contribution in [0.4, 0.5) is 5.69 Å². The molecule has 1 aliphatic rings. The Labute approximate surface area is 223 Å². The summed E-state index contributed by atoms with van der Waals surface area (Å²) in [5.41, 5.74) is 4.14. The normalized spacial score (nSPS) is 12.8. The second-order valence-corrected chi connectivity index (χ2v) is 9.43. The number of aromatic carboxylic acids is 1. The zero-order chi connectivity index (χ0) is 27.3. The van der Waals surface area contributed by atoms with E-state index in [9.17, 15) is 19.5 Å². The van der Waals surface area contributed by atoms with Gasteiger partial charge in [-0.1, -0.05) is 36.4 Å². The Morgan fingerprint density at radius 2 is 1.62 bits per heavy atom. The van der Waals surface area contributed by atoms with Gasteiger partial charge in [0, 0.05) is 0 Å². The third-order valence-corrected chi connectivity index (χ3v) is 6.44. The van der Waals surface area contributed by atoms with Gasteiger partial charge in [-0.05, 0) is 73.5 Å². The smallest absolute Gasteiger partial charge is 0.335 e. The molecule has 1 aliphatic heterocycles. The average Bonchev–Trinajstić information content (AvgIpc) is 3.47. The molecule has 0 aliphatic carbocycles. The summed E-state index contributed by atoms with van der Waals surface area (Å²) >= 11 is 0. The maximum atomic E-state index is 13.2. The summed E-state index contributed by atoms with van der Waals surface area (Å²) in [6.07, 6.45) is -0.155. The van der Waals surface area contributed by atoms with Crippen molar-refractivity contribution < 1.29 is 28.6 Å². The lowest BCUT2D eigenvalue weighted by Gasteiger charge is -2.18. The highest BCUT2D eigenvalue weighted by molar-refractivity contribution is 6.34. The molecule has 8 nitrogen and oxygen atoms in total. The molecule has 192 valence electrons. The molecule has 0 fully saturated rings. The summed E-state index contributed by atoms with van der Waals surface area (Å²) in [7, 11) is 0. The third kappa shape index (κ3) is 4.21. The van der Waals surface area contributed by atoms with Crippen molar-refractivity contribution >= 4 is 34.6 Å². The highest BCUT2D eigenvalue weighted by atomic mass is 16.5. The van der Waals surface area contributed by atoms with E-state index in [1.807, 2.05) is 62.4 Å². The van der Waals surface area contributed by atoms with Crippen molar-refractivity contribution in [1.29, 1.82) is 0 Å². The maximum absolute atomic E-state index is 13.2. The number of anilines is 1. The highest BCUT2D eigenvalue weighted by Crippen LogP contribution is 2.38. The first-order chi connectivity index (χ1) is 18.8. The van der Waals surface area contributed by atoms with Crippen LogP contribution in [-0.4, -0.2) is 34.0 Å². The number of aromatic nitrogens is 1. The van der Waals surface area contributed by atoms with Gasteiger partial charge in [-0.2, -0.15) is 0 Å². The van der Waals surface area contributed by atoms with Crippen molar-refractivity contribution in [3.8, 4) is 28.3 Å². The molecule has 1 aromatic heterocycles. The van der Waals surface area contributed by atoms with E-state index in [0.717, 1.165) is 16.0 Å². The largest absolute Gasteiger partial charge is 0.490 e. The summed E-state index contributed by atoms with van der Waals surface area (Å²) in [5.74, 6) is -1.57. The zero-order valence-electron chi connectivity index (χ0n) is 21.0. The van der Waals surface area contributed by atoms with E-state index in [-0.39, 0.29) is 34.4 Å². The Bertz CT molecular complexity index is 1790. The van der Waals surface area contributed by atoms with Crippen LogP contribution in [0.25, 0.3) is 33.7 Å². The molecule has 0 saturated carbocycles. The van der Waals surface area contributed by atoms with Crippen molar-refractivity contribution in [3.05, 3.63) is 102 Å². The summed E-state index contributed by atoms with van der Waals surface area (Å²) < 4.78 is 12.1. The maximum Gasteiger partial charge on any atom is 0.335 e. The Morgan fingerprint density at radius 1 is 0.846 bits per heavy atom. The molecule has 4 aromatic carbocycles. The first-order valence-corrected chi connectivity index (χ1v) is 12.3. The molecular formula is C31H22N2O6. The third-order valence-electron chi connectivity index (χ3n) is 6.44. The standard InChI is InChI=1S/C31H22N2O6/c1-17(2)38-26-13-10-21(33-29(34)22-11-8-20(31(36)37)14-23(22)30(33)35)16-24(26)28-32-25-15-19(9-12-27(25)39-28)18-6-4-3-5-7-18/h3-17H,1-2H3,(H,36,37). The lowest BCUT2D eigenvalue weighted by molar-refractivity contribution is 0.0696. The lowest BCUT2D eigenvalue weighted by atomic mass is 10.1. The minimum atomic E-state index is -1.18. The molecule has 6 rings (SSSR count). The first-order valence-electron chi connectivity index (χ1n) is 12.3. The molecule has 1 N–H and O–H groups in total. The van der Waals surface area contributed by atoms with E-state index in [4.69, 9.17) is 14.1 Å². The van der Waals surface area contributed by atoms with Crippen molar-refractivity contribution in [3.63, 3.8) is 0 Å². The van der Waals surface area contributed by atoms with Crippen LogP contribution >= 0.6 is 0 Å². The minimum Gasteiger partial charge on any atom is -0.490 e. The van der Waals surface area contributed by atoms with Gasteiger partial charge >= 0.3 is 5.97 Å². The number of carbonyl (C=O) groups is 3. The Kier molecular flexibility index (Phi) is 5.72. The van der Waals surface area contributed by atoms with Crippen molar-refractivity contribution in [2.45, 2.75) is 20.0 Å². The molecule has 0 bridgehead atoms. The SMILES string of the molecule is CC(C)Oc1ccc(N2C(=O)c3ccc(C(=O)O)cc3C2=O)cc1-c1nc2cc(-c3ccccc3)ccc2o1. The van der Waals surface area contributed by atoms with Crippen molar-refractivity contribution in [1.82, 2.24) is 4.98 Å². The highest BCUT2D eigenvalue weighted by Gasteiger charge is 2.37. The van der Waals surface area contributed by atoms with Crippen molar-refractivity contribution in [2.24, 2.45) is 0 Å². The molecule has 8 heteroatoms. The summed E-state index contributed by atoms with van der Waals surface area (Å²) in [6, 6.07) is 24.5. The number of rotatable bonds is 6. The van der Waals surface area contributed by atoms with Gasteiger partial charge in [0.2, 0.25) is 5.89 Å². The molecule has 2 heterocycles. The number of carbonyl (C=O) groups excluding carboxylic acids is 2. The van der Waals surface area contributed by atoms with E-state index in [2.05, 4.69) is 0 Å². The number of imide groups is 1. The average molecular weight is 519 g/mol. The fourth-order valence-electron chi connectivity index (χ4n) is 4.64. The lowest BCUT2D eigenvalue weighted by Crippen LogP contribution is -2.29. The number of hydrogen-bond acceptors (Lipinski definition) is 6. The van der Waals surface area contributed by atoms with E-state index < -0.39 is 17.8 Å². The number of carboxylic acid groups (broad SMARTS) is 1. The predicted molar refractivity (Wildman–Crippen MR) is 145 cm³/mol. The van der Waals surface area contributed by atoms with Gasteiger partial charge in [-0.3, -0.25) is 9.59 Å². The van der Waals surface area contributed by atoms with Crippen LogP contribution < -0.4 is 9.64 Å². The monoisotopic (exact) mass is 518 g/mol. The molecule has 39 heavy (non-hydrogen) atoms. The van der Waals surface area contributed by atoms with Crippen molar-refractivity contribution in [2.75, 3.05) is 4.90 Å². The molecule has 0 unspecified atom stereocenters. The van der Waals surface area contributed by atoms with Gasteiger partial charge in [0.15, 0.2) is 5.58 Å². The number of amides is 2. The summed E-state index contributed by atoms with van der Waals surface area (Å²) in [5, 5.41) is 9.32.